The number of hydrogen-bond donors (Lipinski definition) is 1. The van der Waals surface area contributed by atoms with Gasteiger partial charge in [0.1, 0.15) is 5.82 Å². The summed E-state index contributed by atoms with van der Waals surface area (Å²) in [5, 5.41) is 8.65. The Bertz CT molecular complexity index is 365. The maximum atomic E-state index is 12.7. The molecule has 0 bridgehead atoms. The summed E-state index contributed by atoms with van der Waals surface area (Å²) in [4.78, 5) is 13.8. The van der Waals surface area contributed by atoms with Crippen LogP contribution in [0.5, 0.6) is 0 Å². The topological polar surface area (TPSA) is 40.5 Å². The molecule has 0 spiro atoms. The number of halogens is 1. The van der Waals surface area contributed by atoms with E-state index in [1.54, 1.807) is 0 Å². The summed E-state index contributed by atoms with van der Waals surface area (Å²) in [6.07, 6.45) is 2.74. The van der Waals surface area contributed by atoms with Crippen LogP contribution < -0.4 is 0 Å². The van der Waals surface area contributed by atoms with E-state index in [0.29, 0.717) is 12.1 Å². The molecule has 0 saturated carbocycles. The molecule has 0 aromatic heterocycles. The summed E-state index contributed by atoms with van der Waals surface area (Å²) in [5.74, 6) is -0.330. The Morgan fingerprint density at radius 1 is 1.22 bits per heavy atom. The number of aliphatic hydroxyl groups excluding tert-OH is 1. The van der Waals surface area contributed by atoms with E-state index < -0.39 is 0 Å². The summed E-state index contributed by atoms with van der Waals surface area (Å²) >= 11 is 0. The van der Waals surface area contributed by atoms with Crippen molar-refractivity contribution in [1.29, 1.82) is 0 Å². The lowest BCUT2D eigenvalue weighted by atomic mass is 10.1. The first-order valence-corrected chi connectivity index (χ1v) is 6.21. The quantitative estimate of drug-likeness (QED) is 0.570. The average molecular weight is 253 g/mol. The Hall–Kier alpha value is -1.26. The second kappa shape index (κ2) is 7.95. The van der Waals surface area contributed by atoms with Gasteiger partial charge in [0.2, 0.25) is 0 Å². The summed E-state index contributed by atoms with van der Waals surface area (Å²) in [6.45, 7) is 1.38. The predicted octanol–water partition coefficient (Wildman–Crippen LogP) is 2.10. The number of rotatable bonds is 8. The molecule has 0 radical (unpaired) electrons. The minimum Gasteiger partial charge on any atom is -0.396 e. The van der Waals surface area contributed by atoms with Gasteiger partial charge in [-0.15, -0.1) is 0 Å². The van der Waals surface area contributed by atoms with Crippen LogP contribution in [0.15, 0.2) is 24.3 Å². The van der Waals surface area contributed by atoms with Crippen molar-refractivity contribution in [1.82, 2.24) is 4.90 Å². The second-order valence-corrected chi connectivity index (χ2v) is 4.45. The molecule has 1 rings (SSSR count). The van der Waals surface area contributed by atoms with Gasteiger partial charge >= 0.3 is 0 Å². The lowest BCUT2D eigenvalue weighted by molar-refractivity contribution is 0.0945. The van der Waals surface area contributed by atoms with E-state index >= 15 is 0 Å². The van der Waals surface area contributed by atoms with Crippen molar-refractivity contribution in [3.63, 3.8) is 0 Å². The van der Waals surface area contributed by atoms with Crippen LogP contribution in [-0.2, 0) is 0 Å². The predicted molar refractivity (Wildman–Crippen MR) is 69.2 cm³/mol. The number of aliphatic hydroxyl groups is 1. The van der Waals surface area contributed by atoms with Crippen LogP contribution in [0.3, 0.4) is 0 Å². The highest BCUT2D eigenvalue weighted by Crippen LogP contribution is 2.05. The van der Waals surface area contributed by atoms with Crippen molar-refractivity contribution >= 4 is 5.78 Å². The fraction of sp³-hybridized carbons (Fsp3) is 0.500. The number of unbranched alkanes of at least 4 members (excludes halogenated alkanes) is 2. The lowest BCUT2D eigenvalue weighted by Gasteiger charge is -2.15. The Morgan fingerprint density at radius 2 is 1.89 bits per heavy atom. The number of likely N-dealkylation sites (N-methyl/N-ethyl adjacent to an activating group) is 1. The Morgan fingerprint density at radius 3 is 2.50 bits per heavy atom. The minimum absolute atomic E-state index is 0.000316. The number of carbonyl (C=O) groups is 1. The lowest BCUT2D eigenvalue weighted by Crippen LogP contribution is -2.27. The number of ketones is 1. The van der Waals surface area contributed by atoms with Gasteiger partial charge in [-0.1, -0.05) is 0 Å². The Kier molecular flexibility index (Phi) is 6.54. The normalized spacial score (nSPS) is 10.9. The third-order valence-corrected chi connectivity index (χ3v) is 2.78. The summed E-state index contributed by atoms with van der Waals surface area (Å²) in [5.41, 5.74) is 0.540. The van der Waals surface area contributed by atoms with Gasteiger partial charge in [0.05, 0.1) is 6.54 Å². The SMILES string of the molecule is CN(CCCCCO)CC(=O)c1ccc(F)cc1. The van der Waals surface area contributed by atoms with Crippen LogP contribution in [0.2, 0.25) is 0 Å². The van der Waals surface area contributed by atoms with Crippen LogP contribution in [0.25, 0.3) is 0 Å². The summed E-state index contributed by atoms with van der Waals surface area (Å²) in [7, 11) is 1.89. The maximum Gasteiger partial charge on any atom is 0.176 e. The van der Waals surface area contributed by atoms with Crippen molar-refractivity contribution in [2.45, 2.75) is 19.3 Å². The molecule has 1 aromatic rings. The van der Waals surface area contributed by atoms with E-state index in [2.05, 4.69) is 0 Å². The number of carbonyl (C=O) groups excluding carboxylic acids is 1. The number of Topliss-reactive ketones (excluding diaryl/α,β-unsaturated/α-hetero) is 1. The number of nitrogens with zero attached hydrogens (tertiary/aromatic N) is 1. The highest BCUT2D eigenvalue weighted by molar-refractivity contribution is 5.97. The summed E-state index contributed by atoms with van der Waals surface area (Å²) in [6, 6.07) is 5.62. The first-order chi connectivity index (χ1) is 8.63. The molecule has 0 fully saturated rings. The number of hydrogen-bond acceptors (Lipinski definition) is 3. The zero-order chi connectivity index (χ0) is 13.4. The van der Waals surface area contributed by atoms with Crippen LogP contribution in [0.4, 0.5) is 4.39 Å². The zero-order valence-electron chi connectivity index (χ0n) is 10.7. The van der Waals surface area contributed by atoms with Crippen molar-refractivity contribution in [2.75, 3.05) is 26.7 Å². The fourth-order valence-corrected chi connectivity index (χ4v) is 1.72. The zero-order valence-corrected chi connectivity index (χ0v) is 10.7. The average Bonchev–Trinajstić information content (AvgIpc) is 2.35. The van der Waals surface area contributed by atoms with Crippen molar-refractivity contribution in [2.24, 2.45) is 0 Å². The molecule has 0 saturated heterocycles. The van der Waals surface area contributed by atoms with Crippen LogP contribution in [-0.4, -0.2) is 42.5 Å². The standard InChI is InChI=1S/C14H20FNO2/c1-16(9-3-2-4-10-17)11-14(18)12-5-7-13(15)8-6-12/h5-8,17H,2-4,9-11H2,1H3. The van der Waals surface area contributed by atoms with Gasteiger partial charge in [-0.25, -0.2) is 4.39 Å². The molecule has 0 heterocycles. The van der Waals surface area contributed by atoms with Gasteiger partial charge in [0.25, 0.3) is 0 Å². The van der Waals surface area contributed by atoms with Crippen LogP contribution in [0.1, 0.15) is 29.6 Å². The third kappa shape index (κ3) is 5.38. The highest BCUT2D eigenvalue weighted by atomic mass is 19.1. The smallest absolute Gasteiger partial charge is 0.176 e. The molecule has 0 unspecified atom stereocenters. The maximum absolute atomic E-state index is 12.7. The molecule has 3 nitrogen and oxygen atoms in total. The van der Waals surface area contributed by atoms with E-state index in [4.69, 9.17) is 5.11 Å². The van der Waals surface area contributed by atoms with Gasteiger partial charge in [0.15, 0.2) is 5.78 Å². The molecule has 1 aromatic carbocycles. The second-order valence-electron chi connectivity index (χ2n) is 4.45. The van der Waals surface area contributed by atoms with Crippen LogP contribution >= 0.6 is 0 Å². The van der Waals surface area contributed by atoms with Crippen LogP contribution in [0, 0.1) is 5.82 Å². The molecule has 1 N–H and O–H groups in total. The van der Waals surface area contributed by atoms with Gasteiger partial charge in [-0.05, 0) is 57.1 Å². The summed E-state index contributed by atoms with van der Waals surface area (Å²) < 4.78 is 12.7. The van der Waals surface area contributed by atoms with E-state index in [9.17, 15) is 9.18 Å². The first kappa shape index (κ1) is 14.8. The van der Waals surface area contributed by atoms with Crippen molar-refractivity contribution < 1.29 is 14.3 Å². The number of benzene rings is 1. The van der Waals surface area contributed by atoms with Crippen molar-refractivity contribution in [3.05, 3.63) is 35.6 Å². The van der Waals surface area contributed by atoms with Gasteiger partial charge in [-0.2, -0.15) is 0 Å². The molecular weight excluding hydrogens is 233 g/mol. The molecule has 100 valence electrons. The molecule has 0 aliphatic carbocycles. The molecule has 0 aliphatic heterocycles. The monoisotopic (exact) mass is 253 g/mol. The fourth-order valence-electron chi connectivity index (χ4n) is 1.72. The minimum atomic E-state index is -0.330. The molecule has 0 amide bonds. The first-order valence-electron chi connectivity index (χ1n) is 6.21. The van der Waals surface area contributed by atoms with Gasteiger partial charge < -0.3 is 5.11 Å². The van der Waals surface area contributed by atoms with E-state index in [0.717, 1.165) is 25.8 Å². The molecule has 0 atom stereocenters. The molecule has 18 heavy (non-hydrogen) atoms. The van der Waals surface area contributed by atoms with E-state index in [1.807, 2.05) is 11.9 Å². The molecular formula is C14H20FNO2. The Balaban J connectivity index is 2.33. The van der Waals surface area contributed by atoms with E-state index in [-0.39, 0.29) is 18.2 Å². The third-order valence-electron chi connectivity index (χ3n) is 2.78. The molecule has 4 heteroatoms. The highest BCUT2D eigenvalue weighted by Gasteiger charge is 2.09. The van der Waals surface area contributed by atoms with Crippen molar-refractivity contribution in [3.8, 4) is 0 Å². The largest absolute Gasteiger partial charge is 0.396 e. The Labute approximate surface area is 107 Å². The van der Waals surface area contributed by atoms with Gasteiger partial charge in [-0.3, -0.25) is 9.69 Å². The molecule has 0 aliphatic rings. The van der Waals surface area contributed by atoms with Gasteiger partial charge in [0, 0.05) is 12.2 Å². The van der Waals surface area contributed by atoms with E-state index in [1.165, 1.54) is 24.3 Å².